The molecule has 6 heteroatoms. The van der Waals surface area contributed by atoms with Crippen LogP contribution in [-0.2, 0) is 9.53 Å². The van der Waals surface area contributed by atoms with Gasteiger partial charge in [0.2, 0.25) is 0 Å². The number of rotatable bonds is 4. The summed E-state index contributed by atoms with van der Waals surface area (Å²) in [5.41, 5.74) is 6.32. The zero-order valence-electron chi connectivity index (χ0n) is 12.2. The highest BCUT2D eigenvalue weighted by molar-refractivity contribution is 6.01. The fourth-order valence-corrected chi connectivity index (χ4v) is 2.17. The maximum Gasteiger partial charge on any atom is 0.328 e. The van der Waals surface area contributed by atoms with Crippen LogP contribution in [0.2, 0.25) is 0 Å². The van der Waals surface area contributed by atoms with Crippen LogP contribution >= 0.6 is 0 Å². The van der Waals surface area contributed by atoms with Crippen LogP contribution < -0.4 is 11.1 Å². The van der Waals surface area contributed by atoms with Crippen LogP contribution in [-0.4, -0.2) is 24.1 Å². The maximum atomic E-state index is 13.9. The SMILES string of the molecule is COC(=O)C(Nc1nccc2c(F)ccc(N)c12)C(C)C. The molecule has 112 valence electrons. The minimum Gasteiger partial charge on any atom is -0.467 e. The number of carbonyl (C=O) groups is 1. The van der Waals surface area contributed by atoms with Gasteiger partial charge in [-0.25, -0.2) is 14.2 Å². The average Bonchev–Trinajstić information content (AvgIpc) is 2.47. The Morgan fingerprint density at radius 3 is 2.71 bits per heavy atom. The Morgan fingerprint density at radius 1 is 1.38 bits per heavy atom. The second kappa shape index (κ2) is 5.95. The lowest BCUT2D eigenvalue weighted by Crippen LogP contribution is -2.35. The van der Waals surface area contributed by atoms with E-state index in [2.05, 4.69) is 10.3 Å². The number of nitrogens with zero attached hydrogens (tertiary/aromatic N) is 1. The third-order valence-corrected chi connectivity index (χ3v) is 3.32. The van der Waals surface area contributed by atoms with Crippen LogP contribution in [0.1, 0.15) is 13.8 Å². The Morgan fingerprint density at radius 2 is 2.10 bits per heavy atom. The first kappa shape index (κ1) is 15.0. The lowest BCUT2D eigenvalue weighted by Gasteiger charge is -2.21. The van der Waals surface area contributed by atoms with Gasteiger partial charge in [-0.05, 0) is 24.1 Å². The Labute approximate surface area is 122 Å². The predicted octanol–water partition coefficient (Wildman–Crippen LogP) is 2.57. The zero-order valence-corrected chi connectivity index (χ0v) is 12.2. The van der Waals surface area contributed by atoms with Gasteiger partial charge in [0.1, 0.15) is 17.7 Å². The number of pyridine rings is 1. The van der Waals surface area contributed by atoms with Crippen LogP contribution in [0.5, 0.6) is 0 Å². The third-order valence-electron chi connectivity index (χ3n) is 3.32. The number of hydrogen-bond donors (Lipinski definition) is 2. The molecule has 2 aromatic rings. The molecule has 0 saturated carbocycles. The summed E-state index contributed by atoms with van der Waals surface area (Å²) in [7, 11) is 1.32. The lowest BCUT2D eigenvalue weighted by molar-refractivity contribution is -0.142. The van der Waals surface area contributed by atoms with Gasteiger partial charge in [0.05, 0.1) is 12.5 Å². The molecule has 1 atom stereocenters. The van der Waals surface area contributed by atoms with Crippen molar-refractivity contribution in [3.63, 3.8) is 0 Å². The summed E-state index contributed by atoms with van der Waals surface area (Å²) in [6.07, 6.45) is 1.47. The molecular weight excluding hydrogens is 273 g/mol. The second-order valence-corrected chi connectivity index (χ2v) is 5.11. The van der Waals surface area contributed by atoms with Crippen LogP contribution in [0, 0.1) is 11.7 Å². The van der Waals surface area contributed by atoms with Gasteiger partial charge in [0, 0.05) is 17.3 Å². The van der Waals surface area contributed by atoms with Crippen LogP contribution in [0.4, 0.5) is 15.9 Å². The minimum absolute atomic E-state index is 0.0238. The number of benzene rings is 1. The first-order valence-electron chi connectivity index (χ1n) is 6.62. The standard InChI is InChI=1S/C15H18FN3O2/c1-8(2)13(15(20)21-3)19-14-12-9(6-7-18-14)10(16)4-5-11(12)17/h4-8,13H,17H2,1-3H3,(H,18,19). The number of halogens is 1. The quantitative estimate of drug-likeness (QED) is 0.668. The van der Waals surface area contributed by atoms with Gasteiger partial charge in [-0.2, -0.15) is 0 Å². The van der Waals surface area contributed by atoms with Crippen molar-refractivity contribution in [2.45, 2.75) is 19.9 Å². The van der Waals surface area contributed by atoms with Crippen molar-refractivity contribution in [2.24, 2.45) is 5.92 Å². The van der Waals surface area contributed by atoms with E-state index in [1.807, 2.05) is 13.8 Å². The summed E-state index contributed by atoms with van der Waals surface area (Å²) < 4.78 is 18.6. The molecule has 0 radical (unpaired) electrons. The van der Waals surface area contributed by atoms with E-state index in [0.717, 1.165) is 0 Å². The molecule has 1 unspecified atom stereocenters. The van der Waals surface area contributed by atoms with Gasteiger partial charge in [0.25, 0.3) is 0 Å². The monoisotopic (exact) mass is 291 g/mol. The largest absolute Gasteiger partial charge is 0.467 e. The molecule has 0 aliphatic carbocycles. The number of ether oxygens (including phenoxy) is 1. The molecule has 5 nitrogen and oxygen atoms in total. The molecule has 0 aliphatic rings. The van der Waals surface area contributed by atoms with E-state index in [1.54, 1.807) is 6.07 Å². The number of methoxy groups -OCH3 is 1. The fourth-order valence-electron chi connectivity index (χ4n) is 2.17. The van der Waals surface area contributed by atoms with Crippen molar-refractivity contribution in [1.29, 1.82) is 0 Å². The molecule has 0 saturated heterocycles. The van der Waals surface area contributed by atoms with Gasteiger partial charge in [-0.3, -0.25) is 0 Å². The van der Waals surface area contributed by atoms with Gasteiger partial charge >= 0.3 is 5.97 Å². The molecule has 1 aromatic carbocycles. The minimum atomic E-state index is -0.587. The van der Waals surface area contributed by atoms with Crippen molar-refractivity contribution < 1.29 is 13.9 Å². The van der Waals surface area contributed by atoms with E-state index in [0.29, 0.717) is 22.3 Å². The highest BCUT2D eigenvalue weighted by Crippen LogP contribution is 2.30. The molecule has 0 spiro atoms. The summed E-state index contributed by atoms with van der Waals surface area (Å²) in [6, 6.07) is 3.75. The molecule has 0 aliphatic heterocycles. The number of nitrogens with one attached hydrogen (secondary N) is 1. The number of esters is 1. The van der Waals surface area contributed by atoms with Gasteiger partial charge < -0.3 is 15.8 Å². The number of anilines is 2. The Balaban J connectivity index is 2.52. The topological polar surface area (TPSA) is 77.2 Å². The molecule has 0 bridgehead atoms. The molecule has 0 fully saturated rings. The number of carbonyl (C=O) groups excluding carboxylic acids is 1. The first-order valence-corrected chi connectivity index (χ1v) is 6.62. The van der Waals surface area contributed by atoms with Crippen LogP contribution in [0.15, 0.2) is 24.4 Å². The fraction of sp³-hybridized carbons (Fsp3) is 0.333. The molecule has 2 rings (SSSR count). The molecular formula is C15H18FN3O2. The summed E-state index contributed by atoms with van der Waals surface area (Å²) in [6.45, 7) is 3.76. The second-order valence-electron chi connectivity index (χ2n) is 5.11. The van der Waals surface area contributed by atoms with E-state index in [9.17, 15) is 9.18 Å². The number of nitrogen functional groups attached to an aromatic ring is 1. The average molecular weight is 291 g/mol. The van der Waals surface area contributed by atoms with Gasteiger partial charge in [0.15, 0.2) is 0 Å². The van der Waals surface area contributed by atoms with Crippen LogP contribution in [0.25, 0.3) is 10.8 Å². The van der Waals surface area contributed by atoms with Crippen molar-refractivity contribution >= 4 is 28.2 Å². The Bertz CT molecular complexity index is 673. The summed E-state index contributed by atoms with van der Waals surface area (Å²) in [4.78, 5) is 16.0. The van der Waals surface area contributed by atoms with Gasteiger partial charge in [-0.15, -0.1) is 0 Å². The highest BCUT2D eigenvalue weighted by atomic mass is 19.1. The van der Waals surface area contributed by atoms with Crippen molar-refractivity contribution in [2.75, 3.05) is 18.2 Å². The predicted molar refractivity (Wildman–Crippen MR) is 80.4 cm³/mol. The number of aromatic nitrogens is 1. The molecule has 1 aromatic heterocycles. The normalized spacial score (nSPS) is 12.4. The lowest BCUT2D eigenvalue weighted by atomic mass is 10.0. The van der Waals surface area contributed by atoms with E-state index < -0.39 is 12.0 Å². The summed E-state index contributed by atoms with van der Waals surface area (Å²) in [5.74, 6) is -0.444. The van der Waals surface area contributed by atoms with Gasteiger partial charge in [-0.1, -0.05) is 13.8 Å². The maximum absolute atomic E-state index is 13.9. The molecule has 3 N–H and O–H groups in total. The first-order chi connectivity index (χ1) is 9.95. The smallest absolute Gasteiger partial charge is 0.328 e. The third kappa shape index (κ3) is 2.89. The summed E-state index contributed by atoms with van der Waals surface area (Å²) in [5, 5.41) is 3.83. The van der Waals surface area contributed by atoms with Crippen molar-refractivity contribution in [3.05, 3.63) is 30.2 Å². The van der Waals surface area contributed by atoms with E-state index in [1.165, 1.54) is 25.4 Å². The number of hydrogen-bond acceptors (Lipinski definition) is 5. The molecule has 0 amide bonds. The molecule has 21 heavy (non-hydrogen) atoms. The van der Waals surface area contributed by atoms with E-state index in [-0.39, 0.29) is 11.7 Å². The number of nitrogens with two attached hydrogens (primary N) is 1. The van der Waals surface area contributed by atoms with Crippen molar-refractivity contribution in [3.8, 4) is 0 Å². The van der Waals surface area contributed by atoms with Crippen LogP contribution in [0.3, 0.4) is 0 Å². The zero-order chi connectivity index (χ0) is 15.6. The Hall–Kier alpha value is -2.37. The van der Waals surface area contributed by atoms with E-state index >= 15 is 0 Å². The van der Waals surface area contributed by atoms with E-state index in [4.69, 9.17) is 10.5 Å². The number of fused-ring (bicyclic) bond motifs is 1. The highest BCUT2D eigenvalue weighted by Gasteiger charge is 2.24. The Kier molecular flexibility index (Phi) is 4.26. The molecule has 1 heterocycles. The van der Waals surface area contributed by atoms with Crippen molar-refractivity contribution in [1.82, 2.24) is 4.98 Å². The summed E-state index contributed by atoms with van der Waals surface area (Å²) >= 11 is 0.